The van der Waals surface area contributed by atoms with Crippen LogP contribution in [0, 0.1) is 11.6 Å². The van der Waals surface area contributed by atoms with E-state index in [0.717, 1.165) is 41.1 Å². The fraction of sp³-hybridized carbons (Fsp3) is 0.286. The molecule has 1 N–H and O–H groups in total. The molecule has 3 aromatic rings. The Hall–Kier alpha value is -2.89. The van der Waals surface area contributed by atoms with Crippen molar-refractivity contribution in [2.75, 3.05) is 13.7 Å². The Labute approximate surface area is 154 Å². The van der Waals surface area contributed by atoms with Gasteiger partial charge >= 0.3 is 6.09 Å². The number of aromatic nitrogens is 1. The van der Waals surface area contributed by atoms with Crippen LogP contribution in [0.25, 0.3) is 10.9 Å². The summed E-state index contributed by atoms with van der Waals surface area (Å²) < 4.78 is 33.7. The highest BCUT2D eigenvalue weighted by atomic mass is 19.2. The molecule has 0 saturated heterocycles. The number of para-hydroxylation sites is 1. The molecule has 138 valence electrons. The number of fused-ring (bicyclic) bond motifs is 4. The predicted molar refractivity (Wildman–Crippen MR) is 96.5 cm³/mol. The van der Waals surface area contributed by atoms with Gasteiger partial charge in [-0.1, -0.05) is 30.3 Å². The fourth-order valence-electron chi connectivity index (χ4n) is 4.49. The average Bonchev–Trinajstić information content (AvgIpc) is 3.32. The number of rotatable bonds is 1. The van der Waals surface area contributed by atoms with Crippen LogP contribution in [0.2, 0.25) is 0 Å². The Balaban J connectivity index is 1.81. The zero-order chi connectivity index (χ0) is 18.8. The van der Waals surface area contributed by atoms with Crippen LogP contribution in [-0.4, -0.2) is 29.6 Å². The first-order valence-corrected chi connectivity index (χ1v) is 8.95. The average molecular weight is 368 g/mol. The van der Waals surface area contributed by atoms with Crippen LogP contribution in [0.4, 0.5) is 13.6 Å². The summed E-state index contributed by atoms with van der Waals surface area (Å²) in [6.07, 6.45) is 1.36. The van der Waals surface area contributed by atoms with E-state index in [-0.39, 0.29) is 11.0 Å². The first-order valence-electron chi connectivity index (χ1n) is 8.95. The molecule has 1 aromatic heterocycles. The van der Waals surface area contributed by atoms with Crippen molar-refractivity contribution in [3.05, 3.63) is 70.9 Å². The number of ether oxygens (including phenoxy) is 1. The largest absolute Gasteiger partial charge is 0.453 e. The molecule has 2 heterocycles. The molecule has 1 atom stereocenters. The third kappa shape index (κ3) is 2.22. The Morgan fingerprint density at radius 2 is 1.96 bits per heavy atom. The van der Waals surface area contributed by atoms with Crippen molar-refractivity contribution < 1.29 is 18.3 Å². The Bertz CT molecular complexity index is 1070. The lowest BCUT2D eigenvalue weighted by Gasteiger charge is -2.39. The minimum absolute atomic E-state index is 0.128. The van der Waals surface area contributed by atoms with Crippen molar-refractivity contribution in [2.45, 2.75) is 24.3 Å². The second kappa shape index (κ2) is 5.55. The molecule has 6 heteroatoms. The van der Waals surface area contributed by atoms with Crippen LogP contribution in [0.15, 0.2) is 42.5 Å². The molecular weight excluding hydrogens is 350 g/mol. The van der Waals surface area contributed by atoms with Gasteiger partial charge in [-0.15, -0.1) is 0 Å². The third-order valence-corrected chi connectivity index (χ3v) is 5.86. The van der Waals surface area contributed by atoms with E-state index in [2.05, 4.69) is 4.98 Å². The number of aromatic amines is 1. The molecule has 1 unspecified atom stereocenters. The molecular formula is C21H18F2N2O2. The zero-order valence-electron chi connectivity index (χ0n) is 14.8. The number of carbonyl (C=O) groups is 1. The van der Waals surface area contributed by atoms with E-state index in [1.54, 1.807) is 0 Å². The third-order valence-electron chi connectivity index (χ3n) is 5.86. The van der Waals surface area contributed by atoms with Crippen LogP contribution in [-0.2, 0) is 10.2 Å². The van der Waals surface area contributed by atoms with Gasteiger partial charge in [-0.05, 0) is 30.5 Å². The van der Waals surface area contributed by atoms with Gasteiger partial charge in [0.2, 0.25) is 0 Å². The number of nitrogens with zero attached hydrogens (tertiary/aromatic N) is 1. The number of methoxy groups -OCH3 is 1. The molecule has 0 radical (unpaired) electrons. The van der Waals surface area contributed by atoms with Gasteiger partial charge in [0.15, 0.2) is 11.6 Å². The summed E-state index contributed by atoms with van der Waals surface area (Å²) >= 11 is 0. The number of amides is 1. The number of carbonyl (C=O) groups excluding carboxylic acids is 1. The maximum atomic E-state index is 14.7. The lowest BCUT2D eigenvalue weighted by Crippen LogP contribution is -2.45. The van der Waals surface area contributed by atoms with Crippen molar-refractivity contribution in [1.82, 2.24) is 9.88 Å². The van der Waals surface area contributed by atoms with E-state index in [1.165, 1.54) is 24.1 Å². The van der Waals surface area contributed by atoms with E-state index in [4.69, 9.17) is 4.74 Å². The molecule has 27 heavy (non-hydrogen) atoms. The Kier molecular flexibility index (Phi) is 3.35. The van der Waals surface area contributed by atoms with E-state index < -0.39 is 23.8 Å². The minimum Gasteiger partial charge on any atom is -0.453 e. The number of nitrogens with one attached hydrogen (secondary N) is 1. The smallest absolute Gasteiger partial charge is 0.410 e. The second-order valence-electron chi connectivity index (χ2n) is 7.38. The van der Waals surface area contributed by atoms with Gasteiger partial charge in [-0.25, -0.2) is 13.6 Å². The summed E-state index contributed by atoms with van der Waals surface area (Å²) in [5.41, 5.74) is 2.77. The lowest BCUT2D eigenvalue weighted by molar-refractivity contribution is 0.0999. The molecule has 1 aliphatic carbocycles. The monoisotopic (exact) mass is 368 g/mol. The molecule has 1 saturated carbocycles. The number of hydrogen-bond donors (Lipinski definition) is 1. The summed E-state index contributed by atoms with van der Waals surface area (Å²) in [4.78, 5) is 17.5. The molecule has 1 aliphatic heterocycles. The van der Waals surface area contributed by atoms with Crippen LogP contribution in [0.1, 0.15) is 35.7 Å². The Morgan fingerprint density at radius 1 is 1.19 bits per heavy atom. The highest BCUT2D eigenvalue weighted by molar-refractivity contribution is 5.88. The van der Waals surface area contributed by atoms with Crippen molar-refractivity contribution >= 4 is 17.0 Å². The number of benzene rings is 2. The normalized spacial score (nSPS) is 20.0. The molecule has 1 spiro atoms. The van der Waals surface area contributed by atoms with Crippen molar-refractivity contribution in [1.29, 1.82) is 0 Å². The number of H-pyrrole nitrogens is 1. The van der Waals surface area contributed by atoms with Gasteiger partial charge < -0.3 is 9.72 Å². The van der Waals surface area contributed by atoms with Crippen LogP contribution < -0.4 is 0 Å². The number of hydrogen-bond acceptors (Lipinski definition) is 2. The molecule has 1 fully saturated rings. The Morgan fingerprint density at radius 3 is 2.70 bits per heavy atom. The zero-order valence-corrected chi connectivity index (χ0v) is 14.8. The molecule has 4 nitrogen and oxygen atoms in total. The fourth-order valence-corrected chi connectivity index (χ4v) is 4.49. The van der Waals surface area contributed by atoms with Crippen molar-refractivity contribution in [3.8, 4) is 0 Å². The maximum absolute atomic E-state index is 14.7. The number of halogens is 2. The first kappa shape index (κ1) is 16.3. The minimum atomic E-state index is -0.937. The van der Waals surface area contributed by atoms with Gasteiger partial charge in [0.05, 0.1) is 7.11 Å². The van der Waals surface area contributed by atoms with E-state index >= 15 is 0 Å². The highest BCUT2D eigenvalue weighted by Crippen LogP contribution is 2.58. The van der Waals surface area contributed by atoms with E-state index in [1.807, 2.05) is 24.3 Å². The van der Waals surface area contributed by atoms with Gasteiger partial charge in [0.1, 0.15) is 6.04 Å². The summed E-state index contributed by atoms with van der Waals surface area (Å²) in [5, 5.41) is 1.08. The van der Waals surface area contributed by atoms with Crippen LogP contribution in [0.3, 0.4) is 0 Å². The summed E-state index contributed by atoms with van der Waals surface area (Å²) in [6, 6.07) is 11.2. The molecule has 1 amide bonds. The first-order chi connectivity index (χ1) is 13.1. The second-order valence-corrected chi connectivity index (χ2v) is 7.38. The predicted octanol–water partition coefficient (Wildman–Crippen LogP) is 4.65. The van der Waals surface area contributed by atoms with Gasteiger partial charge in [0, 0.05) is 34.1 Å². The SMILES string of the molecule is COC(=O)N1CC2(CC2)c2c([nH]c3ccccc23)C1c1cccc(F)c1F. The summed E-state index contributed by atoms with van der Waals surface area (Å²) in [7, 11) is 1.31. The summed E-state index contributed by atoms with van der Waals surface area (Å²) in [6.45, 7) is 0.426. The topological polar surface area (TPSA) is 45.3 Å². The molecule has 2 aromatic carbocycles. The standard InChI is InChI=1S/C21H18F2N2O2/c1-27-20(26)25-11-21(9-10-21)16-12-5-2-3-8-15(12)24-18(16)19(25)13-6-4-7-14(22)17(13)23/h2-8,19,24H,9-11H2,1H3. The van der Waals surface area contributed by atoms with E-state index in [9.17, 15) is 13.6 Å². The van der Waals surface area contributed by atoms with Crippen LogP contribution >= 0.6 is 0 Å². The van der Waals surface area contributed by atoms with Crippen LogP contribution in [0.5, 0.6) is 0 Å². The highest BCUT2D eigenvalue weighted by Gasteiger charge is 2.55. The molecule has 5 rings (SSSR count). The van der Waals surface area contributed by atoms with Crippen molar-refractivity contribution in [2.24, 2.45) is 0 Å². The molecule has 0 bridgehead atoms. The van der Waals surface area contributed by atoms with Gasteiger partial charge in [0.25, 0.3) is 0 Å². The lowest BCUT2D eigenvalue weighted by atomic mass is 9.83. The van der Waals surface area contributed by atoms with E-state index in [0.29, 0.717) is 6.54 Å². The molecule has 2 aliphatic rings. The van der Waals surface area contributed by atoms with Gasteiger partial charge in [-0.3, -0.25) is 4.90 Å². The summed E-state index contributed by atoms with van der Waals surface area (Å²) in [5.74, 6) is -1.87. The van der Waals surface area contributed by atoms with Crippen molar-refractivity contribution in [3.63, 3.8) is 0 Å². The van der Waals surface area contributed by atoms with Gasteiger partial charge in [-0.2, -0.15) is 0 Å². The maximum Gasteiger partial charge on any atom is 0.410 e. The quantitative estimate of drug-likeness (QED) is 0.680.